The lowest BCUT2D eigenvalue weighted by Gasteiger charge is -2.26. The maximum Gasteiger partial charge on any atom is 0.249 e. The number of rotatable bonds is 6. The maximum atomic E-state index is 13.3. The van der Waals surface area contributed by atoms with E-state index in [0.717, 1.165) is 23.4 Å². The Labute approximate surface area is 178 Å². The van der Waals surface area contributed by atoms with E-state index in [0.29, 0.717) is 5.13 Å². The fourth-order valence-electron chi connectivity index (χ4n) is 5.01. The van der Waals surface area contributed by atoms with Crippen LogP contribution in [0.1, 0.15) is 23.9 Å². The summed E-state index contributed by atoms with van der Waals surface area (Å²) in [5.41, 5.74) is 0.892. The van der Waals surface area contributed by atoms with Gasteiger partial charge < -0.3 is 0 Å². The molecule has 0 radical (unpaired) electrons. The number of carbonyl (C=O) groups is 3. The number of likely N-dealkylation sites (tertiary alicyclic amines) is 1. The Morgan fingerprint density at radius 2 is 1.80 bits per heavy atom. The summed E-state index contributed by atoms with van der Waals surface area (Å²) in [5, 5.41) is 12.0. The molecule has 3 aliphatic rings. The number of aryl methyl sites for hydroxylation is 1. The Balaban J connectivity index is 1.44. The Kier molecular flexibility index (Phi) is 4.73. The summed E-state index contributed by atoms with van der Waals surface area (Å²) in [7, 11) is 0. The van der Waals surface area contributed by atoms with Gasteiger partial charge in [-0.05, 0) is 30.2 Å². The summed E-state index contributed by atoms with van der Waals surface area (Å²) in [6, 6.07) is 8.55. The Morgan fingerprint density at radius 1 is 1.13 bits per heavy atom. The lowest BCUT2D eigenvalue weighted by Crippen LogP contribution is -2.49. The minimum atomic E-state index is -0.911. The molecule has 2 fully saturated rings. The summed E-state index contributed by atoms with van der Waals surface area (Å²) in [6.07, 6.45) is 5.97. The smallest absolute Gasteiger partial charge is 0.249 e. The number of hydrogen-bond donors (Lipinski definition) is 1. The van der Waals surface area contributed by atoms with Crippen LogP contribution in [0.15, 0.2) is 42.5 Å². The first-order valence-corrected chi connectivity index (χ1v) is 11.1. The van der Waals surface area contributed by atoms with Gasteiger partial charge in [0.25, 0.3) is 0 Å². The zero-order valence-corrected chi connectivity index (χ0v) is 17.3. The van der Waals surface area contributed by atoms with Crippen LogP contribution in [0.2, 0.25) is 0 Å². The van der Waals surface area contributed by atoms with Crippen LogP contribution in [-0.4, -0.2) is 38.9 Å². The van der Waals surface area contributed by atoms with Crippen LogP contribution in [0.25, 0.3) is 0 Å². The number of imide groups is 1. The third-order valence-corrected chi connectivity index (χ3v) is 7.37. The molecule has 5 atom stereocenters. The van der Waals surface area contributed by atoms with Gasteiger partial charge >= 0.3 is 0 Å². The second kappa shape index (κ2) is 7.43. The molecule has 8 heteroatoms. The summed E-state index contributed by atoms with van der Waals surface area (Å²) in [6.45, 7) is 1.97. The molecule has 2 bridgehead atoms. The first kappa shape index (κ1) is 19.1. The number of nitrogens with zero attached hydrogens (tertiary/aromatic N) is 3. The molecule has 1 N–H and O–H groups in total. The van der Waals surface area contributed by atoms with Crippen molar-refractivity contribution in [2.75, 3.05) is 5.32 Å². The predicted molar refractivity (Wildman–Crippen MR) is 111 cm³/mol. The fraction of sp³-hybridized carbons (Fsp3) is 0.409. The van der Waals surface area contributed by atoms with Crippen LogP contribution in [0.4, 0.5) is 5.13 Å². The summed E-state index contributed by atoms with van der Waals surface area (Å²) < 4.78 is 0. The van der Waals surface area contributed by atoms with E-state index >= 15 is 0 Å². The van der Waals surface area contributed by atoms with E-state index in [4.69, 9.17) is 0 Å². The normalized spacial score (nSPS) is 27.6. The van der Waals surface area contributed by atoms with Crippen LogP contribution in [-0.2, 0) is 27.2 Å². The standard InChI is InChI=1S/C22H22N4O3S/c1-2-16-24-25-22(30-16)23-19(27)15(10-12-6-4-3-5-7-12)26-20(28)17-13-8-9-14(11-13)18(17)21(26)29/h3-9,13-15,17-18H,2,10-11H2,1H3,(H,23,25,27)/t13-,14-,15-,17+,18+/m0/s1. The Morgan fingerprint density at radius 3 is 2.40 bits per heavy atom. The van der Waals surface area contributed by atoms with Crippen LogP contribution < -0.4 is 5.32 Å². The minimum absolute atomic E-state index is 0.108. The molecule has 154 valence electrons. The third kappa shape index (κ3) is 3.06. The molecule has 1 saturated carbocycles. The highest BCUT2D eigenvalue weighted by atomic mass is 32.1. The van der Waals surface area contributed by atoms with E-state index in [1.807, 2.05) is 37.3 Å². The van der Waals surface area contributed by atoms with Crippen LogP contribution in [0.3, 0.4) is 0 Å². The number of allylic oxidation sites excluding steroid dienone is 2. The molecular weight excluding hydrogens is 400 g/mol. The average Bonchev–Trinajstić information content (AvgIpc) is 3.52. The fourth-order valence-corrected chi connectivity index (χ4v) is 5.69. The Bertz CT molecular complexity index is 1000. The van der Waals surface area contributed by atoms with Gasteiger partial charge in [0.05, 0.1) is 11.8 Å². The van der Waals surface area contributed by atoms with E-state index < -0.39 is 11.9 Å². The summed E-state index contributed by atoms with van der Waals surface area (Å²) >= 11 is 1.30. The first-order chi connectivity index (χ1) is 14.6. The average molecular weight is 423 g/mol. The lowest BCUT2D eigenvalue weighted by atomic mass is 9.85. The SMILES string of the molecule is CCc1nnc(NC(=O)[C@H](Cc2ccccc2)N2C(=O)[C@H]3[C@H](C2=O)[C@H]2C=C[C@H]3C2)s1. The van der Waals surface area contributed by atoms with Gasteiger partial charge in [0.2, 0.25) is 22.9 Å². The second-order valence-electron chi connectivity index (χ2n) is 8.10. The summed E-state index contributed by atoms with van der Waals surface area (Å²) in [5.74, 6) is -1.28. The molecule has 2 aromatic rings. The predicted octanol–water partition coefficient (Wildman–Crippen LogP) is 2.46. The van der Waals surface area contributed by atoms with Gasteiger partial charge in [0.15, 0.2) is 0 Å². The van der Waals surface area contributed by atoms with Crippen molar-refractivity contribution >= 4 is 34.2 Å². The molecule has 2 aliphatic carbocycles. The van der Waals surface area contributed by atoms with Crippen LogP contribution in [0, 0.1) is 23.7 Å². The number of amides is 3. The van der Waals surface area contributed by atoms with Gasteiger partial charge in [-0.2, -0.15) is 0 Å². The number of aromatic nitrogens is 2. The van der Waals surface area contributed by atoms with Crippen LogP contribution in [0.5, 0.6) is 0 Å². The van der Waals surface area contributed by atoms with E-state index in [1.54, 1.807) is 0 Å². The molecule has 2 heterocycles. The molecule has 1 aromatic heterocycles. The number of benzene rings is 1. The van der Waals surface area contributed by atoms with Crippen LogP contribution >= 0.6 is 11.3 Å². The van der Waals surface area contributed by atoms with Crippen molar-refractivity contribution in [1.82, 2.24) is 15.1 Å². The van der Waals surface area contributed by atoms with Gasteiger partial charge in [0.1, 0.15) is 11.0 Å². The number of carbonyl (C=O) groups excluding carboxylic acids is 3. The molecule has 5 rings (SSSR count). The third-order valence-electron chi connectivity index (χ3n) is 6.39. The largest absolute Gasteiger partial charge is 0.299 e. The van der Waals surface area contributed by atoms with E-state index in [9.17, 15) is 14.4 Å². The lowest BCUT2D eigenvalue weighted by molar-refractivity contribution is -0.147. The molecule has 1 aromatic carbocycles. The van der Waals surface area contributed by atoms with Gasteiger partial charge in [-0.15, -0.1) is 10.2 Å². The zero-order chi connectivity index (χ0) is 20.8. The van der Waals surface area contributed by atoms with Crippen molar-refractivity contribution in [3.8, 4) is 0 Å². The molecule has 3 amide bonds. The monoisotopic (exact) mass is 422 g/mol. The molecule has 1 saturated heterocycles. The first-order valence-electron chi connectivity index (χ1n) is 10.3. The highest BCUT2D eigenvalue weighted by molar-refractivity contribution is 7.15. The molecule has 7 nitrogen and oxygen atoms in total. The van der Waals surface area contributed by atoms with Crippen molar-refractivity contribution in [1.29, 1.82) is 0 Å². The van der Waals surface area contributed by atoms with Gasteiger partial charge in [0, 0.05) is 6.42 Å². The number of fused-ring (bicyclic) bond motifs is 5. The quantitative estimate of drug-likeness (QED) is 0.570. The Hall–Kier alpha value is -2.87. The van der Waals surface area contributed by atoms with Crippen molar-refractivity contribution in [2.45, 2.75) is 32.2 Å². The van der Waals surface area contributed by atoms with Gasteiger partial charge in [-0.1, -0.05) is 60.7 Å². The molecule has 30 heavy (non-hydrogen) atoms. The second-order valence-corrected chi connectivity index (χ2v) is 9.16. The van der Waals surface area contributed by atoms with E-state index in [-0.39, 0.29) is 41.9 Å². The highest BCUT2D eigenvalue weighted by Gasteiger charge is 2.61. The molecule has 0 spiro atoms. The van der Waals surface area contributed by atoms with Crippen molar-refractivity contribution in [3.63, 3.8) is 0 Å². The van der Waals surface area contributed by atoms with Crippen molar-refractivity contribution < 1.29 is 14.4 Å². The minimum Gasteiger partial charge on any atom is -0.299 e. The molecular formula is C22H22N4O3S. The number of anilines is 1. The summed E-state index contributed by atoms with van der Waals surface area (Å²) in [4.78, 5) is 41.1. The van der Waals surface area contributed by atoms with Gasteiger partial charge in [-0.25, -0.2) is 0 Å². The highest BCUT2D eigenvalue weighted by Crippen LogP contribution is 2.53. The van der Waals surface area contributed by atoms with Gasteiger partial charge in [-0.3, -0.25) is 24.6 Å². The zero-order valence-electron chi connectivity index (χ0n) is 16.5. The van der Waals surface area contributed by atoms with E-state index in [2.05, 4.69) is 27.7 Å². The van der Waals surface area contributed by atoms with E-state index in [1.165, 1.54) is 16.2 Å². The van der Waals surface area contributed by atoms with Crippen molar-refractivity contribution in [3.05, 3.63) is 53.1 Å². The number of hydrogen-bond acceptors (Lipinski definition) is 6. The molecule has 0 unspecified atom stereocenters. The maximum absolute atomic E-state index is 13.3. The molecule has 1 aliphatic heterocycles. The van der Waals surface area contributed by atoms with Crippen molar-refractivity contribution in [2.24, 2.45) is 23.7 Å². The number of nitrogens with one attached hydrogen (secondary N) is 1. The topological polar surface area (TPSA) is 92.3 Å².